The molecule has 5 heteroatoms. The largest absolute Gasteiger partial charge is 0.478 e. The number of carboxylic acid groups (broad SMARTS) is 1. The van der Waals surface area contributed by atoms with Crippen molar-refractivity contribution in [2.24, 2.45) is 0 Å². The van der Waals surface area contributed by atoms with E-state index in [0.29, 0.717) is 11.3 Å². The summed E-state index contributed by atoms with van der Waals surface area (Å²) in [6, 6.07) is 10.1. The molecule has 5 nitrogen and oxygen atoms in total. The summed E-state index contributed by atoms with van der Waals surface area (Å²) in [6.45, 7) is 0. The molecule has 0 aliphatic rings. The molecule has 0 unspecified atom stereocenters. The molecule has 1 heterocycles. The highest BCUT2D eigenvalue weighted by atomic mass is 16.4. The van der Waals surface area contributed by atoms with Crippen LogP contribution in [0, 0.1) is 0 Å². The van der Waals surface area contributed by atoms with Crippen molar-refractivity contribution in [3.8, 4) is 0 Å². The van der Waals surface area contributed by atoms with E-state index in [1.165, 1.54) is 6.08 Å². The fourth-order valence-electron chi connectivity index (χ4n) is 1.55. The third kappa shape index (κ3) is 3.78. The summed E-state index contributed by atoms with van der Waals surface area (Å²) in [6.07, 6.45) is 5.64. The zero-order chi connectivity index (χ0) is 14.4. The molecule has 1 amide bonds. The van der Waals surface area contributed by atoms with Gasteiger partial charge in [0.1, 0.15) is 0 Å². The second-order valence-corrected chi connectivity index (χ2v) is 3.98. The number of nitrogens with one attached hydrogen (secondary N) is 1. The van der Waals surface area contributed by atoms with E-state index in [2.05, 4.69) is 10.3 Å². The lowest BCUT2D eigenvalue weighted by molar-refractivity contribution is -0.131. The molecule has 0 fully saturated rings. The second-order valence-electron chi connectivity index (χ2n) is 3.98. The molecule has 100 valence electrons. The number of anilines is 1. The van der Waals surface area contributed by atoms with Crippen molar-refractivity contribution >= 4 is 23.6 Å². The first-order chi connectivity index (χ1) is 9.65. The SMILES string of the molecule is O=C(O)C=Cc1ccc(NC(=O)c2ccncc2)cc1. The highest BCUT2D eigenvalue weighted by molar-refractivity contribution is 6.04. The van der Waals surface area contributed by atoms with Gasteiger partial charge >= 0.3 is 5.97 Å². The molecule has 0 aliphatic heterocycles. The summed E-state index contributed by atoms with van der Waals surface area (Å²) in [4.78, 5) is 26.1. The van der Waals surface area contributed by atoms with Crippen molar-refractivity contribution < 1.29 is 14.7 Å². The van der Waals surface area contributed by atoms with Crippen LogP contribution in [-0.2, 0) is 4.79 Å². The minimum atomic E-state index is -1.000. The van der Waals surface area contributed by atoms with Gasteiger partial charge in [0.2, 0.25) is 0 Å². The third-order valence-electron chi connectivity index (χ3n) is 2.53. The molecule has 1 aromatic carbocycles. The zero-order valence-electron chi connectivity index (χ0n) is 10.5. The summed E-state index contributed by atoms with van der Waals surface area (Å²) < 4.78 is 0. The van der Waals surface area contributed by atoms with Crippen LogP contribution in [0.25, 0.3) is 6.08 Å². The van der Waals surface area contributed by atoms with Crippen LogP contribution in [-0.4, -0.2) is 22.0 Å². The Labute approximate surface area is 115 Å². The van der Waals surface area contributed by atoms with Crippen LogP contribution in [0.4, 0.5) is 5.69 Å². The first-order valence-electron chi connectivity index (χ1n) is 5.87. The van der Waals surface area contributed by atoms with Gasteiger partial charge in [0.05, 0.1) is 0 Å². The number of carboxylic acids is 1. The van der Waals surface area contributed by atoms with E-state index in [4.69, 9.17) is 5.11 Å². The maximum Gasteiger partial charge on any atom is 0.328 e. The average molecular weight is 268 g/mol. The normalized spacial score (nSPS) is 10.4. The zero-order valence-corrected chi connectivity index (χ0v) is 10.5. The minimum Gasteiger partial charge on any atom is -0.478 e. The van der Waals surface area contributed by atoms with Crippen LogP contribution in [0.2, 0.25) is 0 Å². The highest BCUT2D eigenvalue weighted by Gasteiger charge is 2.04. The molecular formula is C15H12N2O3. The number of hydrogen-bond donors (Lipinski definition) is 2. The quantitative estimate of drug-likeness (QED) is 0.835. The summed E-state index contributed by atoms with van der Waals surface area (Å²) in [7, 11) is 0. The Balaban J connectivity index is 2.04. The lowest BCUT2D eigenvalue weighted by atomic mass is 10.2. The summed E-state index contributed by atoms with van der Waals surface area (Å²) in [5, 5.41) is 11.3. The predicted octanol–water partition coefficient (Wildman–Crippen LogP) is 2.43. The molecule has 1 aromatic heterocycles. The highest BCUT2D eigenvalue weighted by Crippen LogP contribution is 2.12. The number of carbonyl (C=O) groups excluding carboxylic acids is 1. The number of pyridine rings is 1. The molecule has 0 atom stereocenters. The van der Waals surface area contributed by atoms with Crippen LogP contribution >= 0.6 is 0 Å². The molecule has 0 bridgehead atoms. The van der Waals surface area contributed by atoms with E-state index < -0.39 is 5.97 Å². The van der Waals surface area contributed by atoms with Crippen LogP contribution in [0.1, 0.15) is 15.9 Å². The first-order valence-corrected chi connectivity index (χ1v) is 5.87. The van der Waals surface area contributed by atoms with Gasteiger partial charge in [-0.05, 0) is 35.9 Å². The predicted molar refractivity (Wildman–Crippen MR) is 75.3 cm³/mol. The Morgan fingerprint density at radius 3 is 2.30 bits per heavy atom. The Morgan fingerprint density at radius 1 is 1.05 bits per heavy atom. The molecule has 20 heavy (non-hydrogen) atoms. The number of hydrogen-bond acceptors (Lipinski definition) is 3. The smallest absolute Gasteiger partial charge is 0.328 e. The number of amides is 1. The van der Waals surface area contributed by atoms with Crippen LogP contribution < -0.4 is 5.32 Å². The third-order valence-corrected chi connectivity index (χ3v) is 2.53. The Bertz CT molecular complexity index is 634. The van der Waals surface area contributed by atoms with Crippen LogP contribution in [0.3, 0.4) is 0 Å². The van der Waals surface area contributed by atoms with Crippen molar-refractivity contribution in [2.45, 2.75) is 0 Å². The number of nitrogens with zero attached hydrogens (tertiary/aromatic N) is 1. The van der Waals surface area contributed by atoms with Gasteiger partial charge in [0.25, 0.3) is 5.91 Å². The van der Waals surface area contributed by atoms with Crippen molar-refractivity contribution in [1.82, 2.24) is 4.98 Å². The summed E-state index contributed by atoms with van der Waals surface area (Å²) in [5.41, 5.74) is 1.91. The molecule has 2 rings (SSSR count). The maximum absolute atomic E-state index is 11.9. The number of carbonyl (C=O) groups is 2. The van der Waals surface area contributed by atoms with Gasteiger partial charge in [-0.15, -0.1) is 0 Å². The van der Waals surface area contributed by atoms with Gasteiger partial charge in [-0.25, -0.2) is 4.79 Å². The lowest BCUT2D eigenvalue weighted by Crippen LogP contribution is -2.11. The summed E-state index contributed by atoms with van der Waals surface area (Å²) >= 11 is 0. The Hall–Kier alpha value is -2.95. The van der Waals surface area contributed by atoms with E-state index in [-0.39, 0.29) is 5.91 Å². The number of aliphatic carboxylic acids is 1. The van der Waals surface area contributed by atoms with Gasteiger partial charge in [-0.1, -0.05) is 12.1 Å². The van der Waals surface area contributed by atoms with Gasteiger partial charge in [0, 0.05) is 29.7 Å². The monoisotopic (exact) mass is 268 g/mol. The fraction of sp³-hybridized carbons (Fsp3) is 0. The number of rotatable bonds is 4. The van der Waals surface area contributed by atoms with Crippen molar-refractivity contribution in [1.29, 1.82) is 0 Å². The van der Waals surface area contributed by atoms with E-state index >= 15 is 0 Å². The molecule has 2 aromatic rings. The Kier molecular flexibility index (Phi) is 4.24. The molecule has 0 saturated heterocycles. The fourth-order valence-corrected chi connectivity index (χ4v) is 1.55. The van der Waals surface area contributed by atoms with Crippen LogP contribution in [0.15, 0.2) is 54.9 Å². The molecule has 0 saturated carbocycles. The van der Waals surface area contributed by atoms with Gasteiger partial charge < -0.3 is 10.4 Å². The average Bonchev–Trinajstić information content (AvgIpc) is 2.47. The van der Waals surface area contributed by atoms with E-state index in [0.717, 1.165) is 11.6 Å². The topological polar surface area (TPSA) is 79.3 Å². The molecule has 0 spiro atoms. The van der Waals surface area contributed by atoms with E-state index in [9.17, 15) is 9.59 Å². The van der Waals surface area contributed by atoms with Crippen molar-refractivity contribution in [3.05, 3.63) is 66.0 Å². The van der Waals surface area contributed by atoms with Crippen molar-refractivity contribution in [2.75, 3.05) is 5.32 Å². The lowest BCUT2D eigenvalue weighted by Gasteiger charge is -2.05. The molecule has 0 aliphatic carbocycles. The van der Waals surface area contributed by atoms with Crippen molar-refractivity contribution in [3.63, 3.8) is 0 Å². The molecule has 2 N–H and O–H groups in total. The van der Waals surface area contributed by atoms with Gasteiger partial charge in [-0.3, -0.25) is 9.78 Å². The van der Waals surface area contributed by atoms with E-state index in [1.54, 1.807) is 48.8 Å². The molecular weight excluding hydrogens is 256 g/mol. The standard InChI is InChI=1S/C15H12N2O3/c18-14(19)6-3-11-1-4-13(5-2-11)17-15(20)12-7-9-16-10-8-12/h1-10H,(H,17,20)(H,18,19). The molecule has 0 radical (unpaired) electrons. The van der Waals surface area contributed by atoms with Gasteiger partial charge in [0.15, 0.2) is 0 Å². The second kappa shape index (κ2) is 6.29. The number of aromatic nitrogens is 1. The van der Waals surface area contributed by atoms with E-state index in [1.807, 2.05) is 0 Å². The van der Waals surface area contributed by atoms with Crippen LogP contribution in [0.5, 0.6) is 0 Å². The maximum atomic E-state index is 11.9. The number of benzene rings is 1. The first kappa shape index (κ1) is 13.5. The summed E-state index contributed by atoms with van der Waals surface area (Å²) in [5.74, 6) is -1.22. The minimum absolute atomic E-state index is 0.221. The van der Waals surface area contributed by atoms with Gasteiger partial charge in [-0.2, -0.15) is 0 Å². The Morgan fingerprint density at radius 2 is 1.70 bits per heavy atom.